The van der Waals surface area contributed by atoms with Crippen molar-refractivity contribution >= 4 is 15.9 Å². The monoisotopic (exact) mass is 312 g/mol. The van der Waals surface area contributed by atoms with Crippen LogP contribution in [0, 0.1) is 0 Å². The van der Waals surface area contributed by atoms with Gasteiger partial charge in [-0.05, 0) is 33.6 Å². The fourth-order valence-electron chi connectivity index (χ4n) is 1.39. The highest BCUT2D eigenvalue weighted by molar-refractivity contribution is 9.10. The molecule has 1 heterocycles. The first-order valence-corrected chi connectivity index (χ1v) is 6.35. The highest BCUT2D eigenvalue weighted by Crippen LogP contribution is 2.26. The minimum atomic E-state index is 0.00355. The average molecular weight is 313 g/mol. The van der Waals surface area contributed by atoms with Crippen molar-refractivity contribution in [3.05, 3.63) is 40.0 Å². The van der Waals surface area contributed by atoms with Crippen LogP contribution < -0.4 is 4.74 Å². The highest BCUT2D eigenvalue weighted by atomic mass is 79.9. The van der Waals surface area contributed by atoms with Gasteiger partial charge in [-0.15, -0.1) is 0 Å². The standard InChI is InChI=1S/C12H13BrN2O3/c1-2-12-14-11(15-18-12)7-17-10-4-3-8(6-16)5-9(10)13/h3-5,16H,2,6-7H2,1H3. The summed E-state index contributed by atoms with van der Waals surface area (Å²) in [7, 11) is 0. The molecule has 1 aromatic carbocycles. The van der Waals surface area contributed by atoms with E-state index >= 15 is 0 Å². The Kier molecular flexibility index (Phi) is 4.33. The lowest BCUT2D eigenvalue weighted by atomic mass is 10.2. The molecule has 0 spiro atoms. The minimum Gasteiger partial charge on any atom is -0.484 e. The van der Waals surface area contributed by atoms with Gasteiger partial charge in [-0.2, -0.15) is 4.98 Å². The zero-order chi connectivity index (χ0) is 13.0. The molecule has 0 saturated carbocycles. The van der Waals surface area contributed by atoms with Crippen molar-refractivity contribution in [1.29, 1.82) is 0 Å². The van der Waals surface area contributed by atoms with Crippen LogP contribution in [0.25, 0.3) is 0 Å². The van der Waals surface area contributed by atoms with Crippen LogP contribution in [0.1, 0.15) is 24.2 Å². The Morgan fingerprint density at radius 2 is 2.28 bits per heavy atom. The lowest BCUT2D eigenvalue weighted by Crippen LogP contribution is -1.98. The first-order chi connectivity index (χ1) is 8.72. The molecule has 96 valence electrons. The van der Waals surface area contributed by atoms with Gasteiger partial charge in [0.05, 0.1) is 11.1 Å². The molecule has 2 aromatic rings. The Hall–Kier alpha value is -1.40. The van der Waals surface area contributed by atoms with E-state index in [4.69, 9.17) is 14.4 Å². The molecule has 0 bridgehead atoms. The van der Waals surface area contributed by atoms with Crippen molar-refractivity contribution in [3.63, 3.8) is 0 Å². The Bertz CT molecular complexity index is 528. The Morgan fingerprint density at radius 1 is 1.44 bits per heavy atom. The van der Waals surface area contributed by atoms with Crippen LogP contribution in [-0.2, 0) is 19.6 Å². The predicted molar refractivity (Wildman–Crippen MR) is 68.1 cm³/mol. The molecule has 18 heavy (non-hydrogen) atoms. The summed E-state index contributed by atoms with van der Waals surface area (Å²) in [4.78, 5) is 4.15. The van der Waals surface area contributed by atoms with E-state index in [0.717, 1.165) is 10.0 Å². The van der Waals surface area contributed by atoms with Crippen molar-refractivity contribution in [2.24, 2.45) is 0 Å². The summed E-state index contributed by atoms with van der Waals surface area (Å²) in [5.41, 5.74) is 0.821. The number of benzene rings is 1. The van der Waals surface area contributed by atoms with Crippen LogP contribution in [0.2, 0.25) is 0 Å². The first kappa shape index (κ1) is 13.0. The van der Waals surface area contributed by atoms with Gasteiger partial charge in [-0.25, -0.2) is 0 Å². The van der Waals surface area contributed by atoms with Crippen molar-refractivity contribution in [2.45, 2.75) is 26.6 Å². The SMILES string of the molecule is CCc1nc(COc2ccc(CO)cc2Br)no1. The van der Waals surface area contributed by atoms with E-state index in [1.807, 2.05) is 13.0 Å². The van der Waals surface area contributed by atoms with Crippen LogP contribution in [0.15, 0.2) is 27.2 Å². The fourth-order valence-corrected chi connectivity index (χ4v) is 1.94. The summed E-state index contributed by atoms with van der Waals surface area (Å²) >= 11 is 3.38. The maximum atomic E-state index is 9.00. The quantitative estimate of drug-likeness (QED) is 0.918. The zero-order valence-corrected chi connectivity index (χ0v) is 11.5. The smallest absolute Gasteiger partial charge is 0.226 e. The number of aliphatic hydroxyl groups is 1. The molecule has 0 aliphatic carbocycles. The maximum absolute atomic E-state index is 9.00. The highest BCUT2D eigenvalue weighted by Gasteiger charge is 2.07. The van der Waals surface area contributed by atoms with Gasteiger partial charge in [-0.3, -0.25) is 0 Å². The zero-order valence-electron chi connectivity index (χ0n) is 9.89. The number of aromatic nitrogens is 2. The van der Waals surface area contributed by atoms with E-state index in [1.165, 1.54) is 0 Å². The number of nitrogens with zero attached hydrogens (tertiary/aromatic N) is 2. The summed E-state index contributed by atoms with van der Waals surface area (Å²) < 4.78 is 11.3. The number of aryl methyl sites for hydroxylation is 1. The van der Waals surface area contributed by atoms with Crippen LogP contribution in [0.3, 0.4) is 0 Å². The molecule has 0 aliphatic rings. The van der Waals surface area contributed by atoms with E-state index < -0.39 is 0 Å². The number of aliphatic hydroxyl groups excluding tert-OH is 1. The molecule has 0 radical (unpaired) electrons. The number of rotatable bonds is 5. The van der Waals surface area contributed by atoms with Crippen LogP contribution >= 0.6 is 15.9 Å². The van der Waals surface area contributed by atoms with Gasteiger partial charge in [0.1, 0.15) is 5.75 Å². The van der Waals surface area contributed by atoms with Gasteiger partial charge in [0, 0.05) is 6.42 Å². The third kappa shape index (κ3) is 3.08. The van der Waals surface area contributed by atoms with Crippen LogP contribution in [-0.4, -0.2) is 15.2 Å². The molecule has 6 heteroatoms. The van der Waals surface area contributed by atoms with Gasteiger partial charge in [-0.1, -0.05) is 18.1 Å². The molecule has 2 rings (SSSR count). The summed E-state index contributed by atoms with van der Waals surface area (Å²) in [6.45, 7) is 2.20. The third-order valence-corrected chi connectivity index (χ3v) is 2.97. The second-order valence-corrected chi connectivity index (χ2v) is 4.52. The molecule has 1 N–H and O–H groups in total. The third-order valence-electron chi connectivity index (χ3n) is 2.35. The molecule has 0 atom stereocenters. The number of ether oxygens (including phenoxy) is 1. The van der Waals surface area contributed by atoms with Crippen molar-refractivity contribution in [3.8, 4) is 5.75 Å². The second kappa shape index (κ2) is 5.97. The first-order valence-electron chi connectivity index (χ1n) is 5.56. The van der Waals surface area contributed by atoms with Gasteiger partial charge < -0.3 is 14.4 Å². The van der Waals surface area contributed by atoms with Gasteiger partial charge in [0.25, 0.3) is 0 Å². The molecule has 0 saturated heterocycles. The van der Waals surface area contributed by atoms with Crippen LogP contribution in [0.5, 0.6) is 5.75 Å². The molecule has 0 unspecified atom stereocenters. The summed E-state index contributed by atoms with van der Waals surface area (Å²) in [6, 6.07) is 5.40. The predicted octanol–water partition coefficient (Wildman–Crippen LogP) is 2.47. The minimum absolute atomic E-state index is 0.00355. The Morgan fingerprint density at radius 3 is 2.89 bits per heavy atom. The summed E-state index contributed by atoms with van der Waals surface area (Å²) in [5, 5.41) is 12.8. The fraction of sp³-hybridized carbons (Fsp3) is 0.333. The normalized spacial score (nSPS) is 10.6. The number of halogens is 1. The molecule has 0 amide bonds. The Labute approximate surface area is 113 Å². The van der Waals surface area contributed by atoms with E-state index in [0.29, 0.717) is 23.9 Å². The largest absolute Gasteiger partial charge is 0.484 e. The van der Waals surface area contributed by atoms with E-state index in [2.05, 4.69) is 26.1 Å². The molecule has 0 fully saturated rings. The topological polar surface area (TPSA) is 68.4 Å². The number of hydrogen-bond acceptors (Lipinski definition) is 5. The molecule has 1 aromatic heterocycles. The van der Waals surface area contributed by atoms with E-state index in [-0.39, 0.29) is 13.2 Å². The summed E-state index contributed by atoms with van der Waals surface area (Å²) in [6.07, 6.45) is 0.710. The Balaban J connectivity index is 2.01. The molecule has 5 nitrogen and oxygen atoms in total. The molecule has 0 aliphatic heterocycles. The van der Waals surface area contributed by atoms with Crippen LogP contribution in [0.4, 0.5) is 0 Å². The van der Waals surface area contributed by atoms with Gasteiger partial charge in [0.15, 0.2) is 6.61 Å². The molecular weight excluding hydrogens is 300 g/mol. The lowest BCUT2D eigenvalue weighted by molar-refractivity contribution is 0.277. The van der Waals surface area contributed by atoms with Gasteiger partial charge in [0.2, 0.25) is 11.7 Å². The second-order valence-electron chi connectivity index (χ2n) is 3.67. The van der Waals surface area contributed by atoms with Crippen molar-refractivity contribution in [2.75, 3.05) is 0 Å². The summed E-state index contributed by atoms with van der Waals surface area (Å²) in [5.74, 6) is 1.79. The average Bonchev–Trinajstić information content (AvgIpc) is 2.85. The van der Waals surface area contributed by atoms with E-state index in [9.17, 15) is 0 Å². The lowest BCUT2D eigenvalue weighted by Gasteiger charge is -2.06. The van der Waals surface area contributed by atoms with E-state index in [1.54, 1.807) is 12.1 Å². The van der Waals surface area contributed by atoms with Gasteiger partial charge >= 0.3 is 0 Å². The molecular formula is C12H13BrN2O3. The number of hydrogen-bond donors (Lipinski definition) is 1. The van der Waals surface area contributed by atoms with Crippen molar-refractivity contribution in [1.82, 2.24) is 10.1 Å². The maximum Gasteiger partial charge on any atom is 0.226 e. The van der Waals surface area contributed by atoms with Crippen molar-refractivity contribution < 1.29 is 14.4 Å².